The first-order chi connectivity index (χ1) is 17.3. The summed E-state index contributed by atoms with van der Waals surface area (Å²) in [6.07, 6.45) is 7.33. The number of methoxy groups -OCH3 is 1. The van der Waals surface area contributed by atoms with E-state index in [-0.39, 0.29) is 6.10 Å². The lowest BCUT2D eigenvalue weighted by atomic mass is 10.1. The molecule has 1 saturated heterocycles. The minimum atomic E-state index is -0.124. The van der Waals surface area contributed by atoms with Crippen LogP contribution in [0.25, 0.3) is 10.7 Å². The Labute approximate surface area is 208 Å². The van der Waals surface area contributed by atoms with E-state index in [9.17, 15) is 0 Å². The van der Waals surface area contributed by atoms with Crippen LogP contribution in [0, 0.1) is 0 Å². The summed E-state index contributed by atoms with van der Waals surface area (Å²) in [6, 6.07) is 14.1. The van der Waals surface area contributed by atoms with Crippen LogP contribution in [0.5, 0.6) is 11.6 Å². The third-order valence-corrected chi connectivity index (χ3v) is 6.72. The number of nitrogens with zero attached hydrogens (tertiary/aromatic N) is 6. The van der Waals surface area contributed by atoms with Gasteiger partial charge in [0.15, 0.2) is 10.8 Å². The van der Waals surface area contributed by atoms with Gasteiger partial charge in [0, 0.05) is 25.5 Å². The first-order valence-electron chi connectivity index (χ1n) is 11.6. The molecular weight excluding hydrogens is 462 g/mol. The van der Waals surface area contributed by atoms with E-state index in [1.165, 1.54) is 30.5 Å². The number of hydrogen-bond donors (Lipinski definition) is 1. The van der Waals surface area contributed by atoms with Gasteiger partial charge in [0.25, 0.3) is 5.88 Å². The lowest BCUT2D eigenvalue weighted by Gasteiger charge is -2.25. The van der Waals surface area contributed by atoms with Crippen molar-refractivity contribution >= 4 is 16.5 Å². The normalized spacial score (nSPS) is 14.5. The first kappa shape index (κ1) is 23.1. The third-order valence-electron chi connectivity index (χ3n) is 5.81. The zero-order chi connectivity index (χ0) is 23.9. The van der Waals surface area contributed by atoms with Crippen molar-refractivity contribution in [2.75, 3.05) is 32.1 Å². The van der Waals surface area contributed by atoms with Crippen molar-refractivity contribution < 1.29 is 9.47 Å². The number of aromatic nitrogens is 5. The van der Waals surface area contributed by atoms with Crippen molar-refractivity contribution in [2.45, 2.75) is 25.5 Å². The minimum Gasteiger partial charge on any atom is -0.491 e. The molecule has 1 N–H and O–H groups in total. The molecule has 1 aromatic carbocycles. The van der Waals surface area contributed by atoms with Gasteiger partial charge in [0.05, 0.1) is 7.11 Å². The summed E-state index contributed by atoms with van der Waals surface area (Å²) >= 11 is 1.43. The second kappa shape index (κ2) is 11.2. The van der Waals surface area contributed by atoms with Crippen LogP contribution in [-0.2, 0) is 6.54 Å². The van der Waals surface area contributed by atoms with E-state index < -0.39 is 0 Å². The second-order valence-corrected chi connectivity index (χ2v) is 9.21. The second-order valence-electron chi connectivity index (χ2n) is 8.24. The van der Waals surface area contributed by atoms with Crippen LogP contribution in [0.2, 0.25) is 0 Å². The molecule has 9 nitrogen and oxygen atoms in total. The predicted molar refractivity (Wildman–Crippen MR) is 135 cm³/mol. The summed E-state index contributed by atoms with van der Waals surface area (Å²) in [4.78, 5) is 15.2. The van der Waals surface area contributed by atoms with Gasteiger partial charge in [0.2, 0.25) is 5.13 Å². The van der Waals surface area contributed by atoms with E-state index in [0.29, 0.717) is 23.3 Å². The average molecular weight is 490 g/mol. The van der Waals surface area contributed by atoms with Crippen LogP contribution >= 0.6 is 11.3 Å². The number of likely N-dealkylation sites (tertiary alicyclic amines) is 1. The van der Waals surface area contributed by atoms with Crippen molar-refractivity contribution in [3.05, 3.63) is 72.3 Å². The van der Waals surface area contributed by atoms with Crippen LogP contribution in [0.1, 0.15) is 30.1 Å². The van der Waals surface area contributed by atoms with Gasteiger partial charge in [-0.2, -0.15) is 0 Å². The maximum Gasteiger partial charge on any atom is 0.257 e. The number of rotatable bonds is 10. The zero-order valence-electron chi connectivity index (χ0n) is 19.5. The highest BCUT2D eigenvalue weighted by molar-refractivity contribution is 7.18. The Kier molecular flexibility index (Phi) is 7.40. The molecule has 5 rings (SSSR count). The first-order valence-corrected chi connectivity index (χ1v) is 12.4. The molecule has 1 aliphatic heterocycles. The molecule has 0 radical (unpaired) electrons. The highest BCUT2D eigenvalue weighted by atomic mass is 32.1. The van der Waals surface area contributed by atoms with Gasteiger partial charge in [0.1, 0.15) is 18.1 Å². The van der Waals surface area contributed by atoms with Gasteiger partial charge in [-0.3, -0.25) is 4.90 Å². The molecule has 4 aromatic rings. The predicted octanol–water partition coefficient (Wildman–Crippen LogP) is 4.23. The average Bonchev–Trinajstić information content (AvgIpc) is 3.61. The molecule has 0 amide bonds. The molecule has 0 spiro atoms. The van der Waals surface area contributed by atoms with Gasteiger partial charge in [-0.05, 0) is 49.2 Å². The summed E-state index contributed by atoms with van der Waals surface area (Å²) in [5, 5.41) is 13.1. The number of ether oxygens (including phenoxy) is 2. The maximum absolute atomic E-state index is 6.42. The SMILES string of the molecule is COc1cc(CNc2nnc(-c3ccncn3)s2)cnc1O[C@@H](CN1CCCC1)c1ccccc1. The Morgan fingerprint density at radius 3 is 2.71 bits per heavy atom. The standard InChI is InChI=1S/C25H27N7O2S/c1-33-21-13-18(15-28-25-31-30-24(35-25)20-9-10-26-17-29-20)14-27-23(21)34-22(16-32-11-5-6-12-32)19-7-3-2-4-8-19/h2-4,7-10,13-14,17,22H,5-6,11-12,15-16H2,1H3,(H,28,31)/t22-/m0/s1. The van der Waals surface area contributed by atoms with Crippen molar-refractivity contribution in [3.63, 3.8) is 0 Å². The molecule has 10 heteroatoms. The molecule has 1 atom stereocenters. The summed E-state index contributed by atoms with van der Waals surface area (Å²) in [5.41, 5.74) is 2.82. The minimum absolute atomic E-state index is 0.124. The number of nitrogens with one attached hydrogen (secondary N) is 1. The molecule has 1 aliphatic rings. The third kappa shape index (κ3) is 5.90. The van der Waals surface area contributed by atoms with E-state index in [4.69, 9.17) is 9.47 Å². The molecule has 0 saturated carbocycles. The Balaban J connectivity index is 1.27. The van der Waals surface area contributed by atoms with Crippen molar-refractivity contribution in [1.82, 2.24) is 30.0 Å². The number of anilines is 1. The molecule has 4 heterocycles. The summed E-state index contributed by atoms with van der Waals surface area (Å²) in [5.74, 6) is 1.09. The number of benzene rings is 1. The van der Waals surface area contributed by atoms with Gasteiger partial charge < -0.3 is 14.8 Å². The van der Waals surface area contributed by atoms with Crippen molar-refractivity contribution in [3.8, 4) is 22.3 Å². The topological polar surface area (TPSA) is 98.2 Å². The fourth-order valence-corrected chi connectivity index (χ4v) is 4.73. The Hall–Kier alpha value is -3.63. The van der Waals surface area contributed by atoms with Gasteiger partial charge in [-0.1, -0.05) is 41.7 Å². The van der Waals surface area contributed by atoms with E-state index in [0.717, 1.165) is 41.5 Å². The van der Waals surface area contributed by atoms with Crippen LogP contribution in [0.4, 0.5) is 5.13 Å². The summed E-state index contributed by atoms with van der Waals surface area (Å²) in [6.45, 7) is 3.56. The van der Waals surface area contributed by atoms with Gasteiger partial charge in [-0.25, -0.2) is 15.0 Å². The quantitative estimate of drug-likeness (QED) is 0.351. The van der Waals surface area contributed by atoms with Crippen LogP contribution < -0.4 is 14.8 Å². The molecule has 0 unspecified atom stereocenters. The van der Waals surface area contributed by atoms with Crippen LogP contribution in [0.15, 0.2) is 61.2 Å². The summed E-state index contributed by atoms with van der Waals surface area (Å²) < 4.78 is 12.1. The van der Waals surface area contributed by atoms with E-state index in [1.807, 2.05) is 30.3 Å². The van der Waals surface area contributed by atoms with Crippen molar-refractivity contribution in [1.29, 1.82) is 0 Å². The molecule has 1 fully saturated rings. The Morgan fingerprint density at radius 2 is 1.94 bits per heavy atom. The molecule has 0 bridgehead atoms. The summed E-state index contributed by atoms with van der Waals surface area (Å²) in [7, 11) is 1.64. The van der Waals surface area contributed by atoms with Crippen LogP contribution in [-0.4, -0.2) is 56.8 Å². The van der Waals surface area contributed by atoms with E-state index >= 15 is 0 Å². The zero-order valence-corrected chi connectivity index (χ0v) is 20.3. The molecule has 0 aliphatic carbocycles. The fraction of sp³-hybridized carbons (Fsp3) is 0.320. The number of pyridine rings is 1. The number of hydrogen-bond acceptors (Lipinski definition) is 10. The highest BCUT2D eigenvalue weighted by Crippen LogP contribution is 2.31. The van der Waals surface area contributed by atoms with E-state index in [1.54, 1.807) is 19.5 Å². The molecular formula is C25H27N7O2S. The van der Waals surface area contributed by atoms with Crippen LogP contribution in [0.3, 0.4) is 0 Å². The highest BCUT2D eigenvalue weighted by Gasteiger charge is 2.22. The largest absolute Gasteiger partial charge is 0.491 e. The smallest absolute Gasteiger partial charge is 0.257 e. The lowest BCUT2D eigenvalue weighted by molar-refractivity contribution is 0.138. The Bertz CT molecular complexity index is 1220. The van der Waals surface area contributed by atoms with E-state index in [2.05, 4.69) is 47.5 Å². The molecule has 35 heavy (non-hydrogen) atoms. The van der Waals surface area contributed by atoms with Gasteiger partial charge >= 0.3 is 0 Å². The monoisotopic (exact) mass is 489 g/mol. The van der Waals surface area contributed by atoms with Crippen molar-refractivity contribution in [2.24, 2.45) is 0 Å². The lowest BCUT2D eigenvalue weighted by Crippen LogP contribution is -2.28. The molecule has 3 aromatic heterocycles. The molecule has 180 valence electrons. The maximum atomic E-state index is 6.42. The fourth-order valence-electron chi connectivity index (χ4n) is 4.01. The van der Waals surface area contributed by atoms with Gasteiger partial charge in [-0.15, -0.1) is 10.2 Å². The Morgan fingerprint density at radius 1 is 1.09 bits per heavy atom.